The average molecular weight is 260 g/mol. The SMILES string of the molecule is CCOc1ccc(N(C)c2ccccc2N)cc1F. The zero-order valence-electron chi connectivity index (χ0n) is 11.1. The van der Waals surface area contributed by atoms with E-state index in [-0.39, 0.29) is 11.6 Å². The Bertz CT molecular complexity index is 572. The van der Waals surface area contributed by atoms with Gasteiger partial charge in [0.2, 0.25) is 0 Å². The van der Waals surface area contributed by atoms with E-state index < -0.39 is 0 Å². The molecule has 2 N–H and O–H groups in total. The molecule has 2 aromatic carbocycles. The Hall–Kier alpha value is -2.23. The highest BCUT2D eigenvalue weighted by molar-refractivity contribution is 5.74. The molecular weight excluding hydrogens is 243 g/mol. The van der Waals surface area contributed by atoms with Crippen LogP contribution < -0.4 is 15.4 Å². The molecule has 0 saturated carbocycles. The van der Waals surface area contributed by atoms with Crippen molar-refractivity contribution >= 4 is 17.1 Å². The number of nitrogens with two attached hydrogens (primary N) is 1. The standard InChI is InChI=1S/C15H17FN2O/c1-3-19-15-9-8-11(10-12(15)16)18(2)14-7-5-4-6-13(14)17/h4-10H,3,17H2,1-2H3. The second kappa shape index (κ2) is 5.61. The summed E-state index contributed by atoms with van der Waals surface area (Å²) in [5, 5.41) is 0. The fourth-order valence-corrected chi connectivity index (χ4v) is 1.90. The van der Waals surface area contributed by atoms with Crippen molar-refractivity contribution in [3.63, 3.8) is 0 Å². The maximum atomic E-state index is 13.8. The predicted octanol–water partition coefficient (Wildman–Crippen LogP) is 3.57. The smallest absolute Gasteiger partial charge is 0.167 e. The Morgan fingerprint density at radius 3 is 2.58 bits per heavy atom. The van der Waals surface area contributed by atoms with E-state index in [1.807, 2.05) is 43.1 Å². The van der Waals surface area contributed by atoms with Gasteiger partial charge < -0.3 is 15.4 Å². The molecule has 19 heavy (non-hydrogen) atoms. The minimum Gasteiger partial charge on any atom is -0.491 e. The fraction of sp³-hybridized carbons (Fsp3) is 0.200. The van der Waals surface area contributed by atoms with Gasteiger partial charge in [0, 0.05) is 18.8 Å². The molecule has 0 aliphatic heterocycles. The Labute approximate surface area is 112 Å². The second-order valence-corrected chi connectivity index (χ2v) is 4.17. The van der Waals surface area contributed by atoms with Crippen LogP contribution in [0.5, 0.6) is 5.75 Å². The van der Waals surface area contributed by atoms with Gasteiger partial charge in [-0.15, -0.1) is 0 Å². The van der Waals surface area contributed by atoms with Crippen LogP contribution >= 0.6 is 0 Å². The van der Waals surface area contributed by atoms with Crippen LogP contribution in [0.3, 0.4) is 0 Å². The van der Waals surface area contributed by atoms with Crippen LogP contribution in [-0.2, 0) is 0 Å². The van der Waals surface area contributed by atoms with Gasteiger partial charge in [-0.05, 0) is 31.2 Å². The van der Waals surface area contributed by atoms with E-state index in [0.717, 1.165) is 11.4 Å². The number of hydrogen-bond acceptors (Lipinski definition) is 3. The number of benzene rings is 2. The molecule has 0 amide bonds. The first-order valence-corrected chi connectivity index (χ1v) is 6.14. The summed E-state index contributed by atoms with van der Waals surface area (Å²) < 4.78 is 19.0. The van der Waals surface area contributed by atoms with Crippen molar-refractivity contribution in [3.8, 4) is 5.75 Å². The molecule has 0 aliphatic rings. The van der Waals surface area contributed by atoms with Crippen molar-refractivity contribution < 1.29 is 9.13 Å². The van der Waals surface area contributed by atoms with E-state index in [2.05, 4.69) is 0 Å². The van der Waals surface area contributed by atoms with Crippen molar-refractivity contribution in [1.82, 2.24) is 0 Å². The summed E-state index contributed by atoms with van der Waals surface area (Å²) in [5.41, 5.74) is 8.13. The third kappa shape index (κ3) is 2.78. The van der Waals surface area contributed by atoms with Crippen LogP contribution in [0.25, 0.3) is 0 Å². The molecule has 0 saturated heterocycles. The number of ether oxygens (including phenoxy) is 1. The highest BCUT2D eigenvalue weighted by Crippen LogP contribution is 2.31. The van der Waals surface area contributed by atoms with Crippen molar-refractivity contribution in [1.29, 1.82) is 0 Å². The summed E-state index contributed by atoms with van der Waals surface area (Å²) in [5.74, 6) is -0.110. The zero-order valence-corrected chi connectivity index (χ0v) is 11.1. The van der Waals surface area contributed by atoms with E-state index in [1.165, 1.54) is 6.07 Å². The molecule has 0 aliphatic carbocycles. The molecule has 100 valence electrons. The van der Waals surface area contributed by atoms with E-state index in [4.69, 9.17) is 10.5 Å². The maximum Gasteiger partial charge on any atom is 0.167 e. The first-order valence-electron chi connectivity index (χ1n) is 6.14. The molecule has 2 aromatic rings. The number of halogens is 1. The lowest BCUT2D eigenvalue weighted by Crippen LogP contribution is -2.11. The lowest BCUT2D eigenvalue weighted by atomic mass is 10.2. The molecule has 2 rings (SSSR count). The van der Waals surface area contributed by atoms with Crippen molar-refractivity contribution in [2.75, 3.05) is 24.3 Å². The summed E-state index contributed by atoms with van der Waals surface area (Å²) in [6.07, 6.45) is 0. The number of nitrogens with zero attached hydrogens (tertiary/aromatic N) is 1. The van der Waals surface area contributed by atoms with E-state index in [1.54, 1.807) is 12.1 Å². The molecule has 0 spiro atoms. The molecule has 0 fully saturated rings. The highest BCUT2D eigenvalue weighted by atomic mass is 19.1. The van der Waals surface area contributed by atoms with Crippen LogP contribution in [0, 0.1) is 5.82 Å². The summed E-state index contributed by atoms with van der Waals surface area (Å²) >= 11 is 0. The Balaban J connectivity index is 2.32. The first-order chi connectivity index (χ1) is 9.13. The summed E-state index contributed by atoms with van der Waals surface area (Å²) in [6.45, 7) is 2.27. The van der Waals surface area contributed by atoms with Crippen molar-refractivity contribution in [3.05, 3.63) is 48.3 Å². The van der Waals surface area contributed by atoms with Gasteiger partial charge in [-0.2, -0.15) is 0 Å². The summed E-state index contributed by atoms with van der Waals surface area (Å²) in [6, 6.07) is 12.3. The number of nitrogen functional groups attached to an aromatic ring is 1. The maximum absolute atomic E-state index is 13.8. The molecule has 0 aromatic heterocycles. The van der Waals surface area contributed by atoms with Gasteiger partial charge >= 0.3 is 0 Å². The number of hydrogen-bond donors (Lipinski definition) is 1. The second-order valence-electron chi connectivity index (χ2n) is 4.17. The monoisotopic (exact) mass is 260 g/mol. The molecule has 0 radical (unpaired) electrons. The van der Waals surface area contributed by atoms with Crippen LogP contribution in [0.1, 0.15) is 6.92 Å². The first kappa shape index (κ1) is 13.2. The molecule has 0 heterocycles. The summed E-state index contributed by atoms with van der Waals surface area (Å²) in [4.78, 5) is 1.84. The molecule has 3 nitrogen and oxygen atoms in total. The van der Waals surface area contributed by atoms with E-state index in [9.17, 15) is 4.39 Å². The van der Waals surface area contributed by atoms with Gasteiger partial charge in [-0.3, -0.25) is 0 Å². The third-order valence-electron chi connectivity index (χ3n) is 2.90. The quantitative estimate of drug-likeness (QED) is 0.854. The Morgan fingerprint density at radius 1 is 1.21 bits per heavy atom. The Morgan fingerprint density at radius 2 is 1.95 bits per heavy atom. The summed E-state index contributed by atoms with van der Waals surface area (Å²) in [7, 11) is 1.85. The predicted molar refractivity (Wildman–Crippen MR) is 76.5 cm³/mol. The van der Waals surface area contributed by atoms with E-state index in [0.29, 0.717) is 12.3 Å². The lowest BCUT2D eigenvalue weighted by molar-refractivity contribution is 0.321. The molecule has 0 atom stereocenters. The third-order valence-corrected chi connectivity index (χ3v) is 2.90. The number of anilines is 3. The largest absolute Gasteiger partial charge is 0.491 e. The van der Waals surface area contributed by atoms with Crippen LogP contribution in [0.2, 0.25) is 0 Å². The van der Waals surface area contributed by atoms with Crippen LogP contribution in [0.4, 0.5) is 21.5 Å². The van der Waals surface area contributed by atoms with E-state index >= 15 is 0 Å². The molecule has 4 heteroatoms. The van der Waals surface area contributed by atoms with Gasteiger partial charge in [0.05, 0.1) is 18.0 Å². The van der Waals surface area contributed by atoms with Crippen molar-refractivity contribution in [2.45, 2.75) is 6.92 Å². The van der Waals surface area contributed by atoms with Crippen molar-refractivity contribution in [2.24, 2.45) is 0 Å². The highest BCUT2D eigenvalue weighted by Gasteiger charge is 2.10. The van der Waals surface area contributed by atoms with Gasteiger partial charge in [0.25, 0.3) is 0 Å². The topological polar surface area (TPSA) is 38.5 Å². The Kier molecular flexibility index (Phi) is 3.90. The number of rotatable bonds is 4. The van der Waals surface area contributed by atoms with Gasteiger partial charge in [-0.25, -0.2) is 4.39 Å². The lowest BCUT2D eigenvalue weighted by Gasteiger charge is -2.21. The molecule has 0 unspecified atom stereocenters. The minimum absolute atomic E-state index is 0.265. The molecular formula is C15H17FN2O. The van der Waals surface area contributed by atoms with Gasteiger partial charge in [0.1, 0.15) is 0 Å². The van der Waals surface area contributed by atoms with Gasteiger partial charge in [-0.1, -0.05) is 12.1 Å². The minimum atomic E-state index is -0.374. The van der Waals surface area contributed by atoms with Crippen LogP contribution in [0.15, 0.2) is 42.5 Å². The number of para-hydroxylation sites is 2. The van der Waals surface area contributed by atoms with Crippen LogP contribution in [-0.4, -0.2) is 13.7 Å². The fourth-order valence-electron chi connectivity index (χ4n) is 1.90. The normalized spacial score (nSPS) is 10.3. The molecule has 0 bridgehead atoms. The van der Waals surface area contributed by atoms with Gasteiger partial charge in [0.15, 0.2) is 11.6 Å². The average Bonchev–Trinajstić information content (AvgIpc) is 2.41. The zero-order chi connectivity index (χ0) is 13.8.